The lowest BCUT2D eigenvalue weighted by Gasteiger charge is -2.26. The Bertz CT molecular complexity index is 1060. The van der Waals surface area contributed by atoms with Gasteiger partial charge in [0.25, 0.3) is 10.1 Å². The van der Waals surface area contributed by atoms with Gasteiger partial charge in [0.1, 0.15) is 11.9 Å². The Hall–Kier alpha value is -1.88. The summed E-state index contributed by atoms with van der Waals surface area (Å²) in [5, 5.41) is 0. The number of esters is 2. The summed E-state index contributed by atoms with van der Waals surface area (Å²) < 4.78 is 81.3. The van der Waals surface area contributed by atoms with Crippen molar-refractivity contribution in [3.05, 3.63) is 33.4 Å². The van der Waals surface area contributed by atoms with E-state index >= 15 is 0 Å². The molecule has 0 aliphatic heterocycles. The maximum absolute atomic E-state index is 13.4. The van der Waals surface area contributed by atoms with Crippen LogP contribution in [0.4, 0.5) is 13.2 Å². The minimum Gasteiger partial charge on any atom is -0.459 e. The van der Waals surface area contributed by atoms with Crippen molar-refractivity contribution >= 4 is 53.4 Å². The van der Waals surface area contributed by atoms with Gasteiger partial charge in [-0.05, 0) is 36.8 Å². The van der Waals surface area contributed by atoms with Crippen LogP contribution in [0.1, 0.15) is 68.7 Å². The fraction of sp³-hybridized carbons (Fsp3) is 0.600. The number of ether oxygens (including phenoxy) is 2. The van der Waals surface area contributed by atoms with Crippen LogP contribution in [-0.4, -0.2) is 80.4 Å². The molecule has 8 radical (unpaired) electrons. The van der Waals surface area contributed by atoms with Gasteiger partial charge in [-0.15, -0.1) is 0 Å². The Balaban J connectivity index is 2.74. The monoisotopic (exact) mass is 506 g/mol. The molecule has 0 aromatic heterocycles. The van der Waals surface area contributed by atoms with Gasteiger partial charge in [0.2, 0.25) is 6.10 Å². The molecule has 1 atom stereocenters. The maximum atomic E-state index is 13.4. The highest BCUT2D eigenvalue weighted by Gasteiger charge is 2.46. The number of hydrogen-bond donors (Lipinski definition) is 1. The zero-order valence-electron chi connectivity index (χ0n) is 18.8. The van der Waals surface area contributed by atoms with Crippen LogP contribution in [-0.2, 0) is 44.9 Å². The van der Waals surface area contributed by atoms with Crippen molar-refractivity contribution in [2.45, 2.75) is 69.3 Å². The van der Waals surface area contributed by atoms with Crippen LogP contribution >= 0.6 is 0 Å². The number of carbonyl (C=O) groups is 2. The van der Waals surface area contributed by atoms with Gasteiger partial charge in [-0.3, -0.25) is 4.55 Å². The molecule has 182 valence electrons. The van der Waals surface area contributed by atoms with Crippen LogP contribution in [0.25, 0.3) is 0 Å². The Morgan fingerprint density at radius 1 is 0.886 bits per heavy atom. The number of halogens is 3. The summed E-state index contributed by atoms with van der Waals surface area (Å²) in [5.41, 5.74) is -0.734. The second kappa shape index (κ2) is 11.9. The quantitative estimate of drug-likeness (QED) is 0.291. The summed E-state index contributed by atoms with van der Waals surface area (Å²) in [6.07, 6.45) is -7.59. The molecule has 7 nitrogen and oxygen atoms in total. The summed E-state index contributed by atoms with van der Waals surface area (Å²) >= 11 is 0. The minimum absolute atomic E-state index is 0.0263. The number of hydrogen-bond acceptors (Lipinski definition) is 6. The lowest BCUT2D eigenvalue weighted by molar-refractivity contribution is -0.197. The SMILES string of the molecule is [B]Cc1c(C[B])c(C[B])c(C(=O)OC(CS(=O)(=O)O)C(F)(F)F)c(C(=O)OC2CCCC2)c1C[B]. The molecule has 1 aromatic rings. The van der Waals surface area contributed by atoms with Crippen molar-refractivity contribution in [3.63, 3.8) is 0 Å². The molecule has 1 saturated carbocycles. The normalized spacial score (nSPS) is 15.7. The highest BCUT2D eigenvalue weighted by Crippen LogP contribution is 2.34. The number of carbonyl (C=O) groups excluding carboxylic acids is 2. The van der Waals surface area contributed by atoms with E-state index in [0.29, 0.717) is 12.8 Å². The minimum atomic E-state index is -5.36. The molecule has 35 heavy (non-hydrogen) atoms. The highest BCUT2D eigenvalue weighted by atomic mass is 32.2. The molecule has 0 spiro atoms. The van der Waals surface area contributed by atoms with Crippen LogP contribution in [0.3, 0.4) is 0 Å². The van der Waals surface area contributed by atoms with E-state index in [1.807, 2.05) is 0 Å². The van der Waals surface area contributed by atoms with E-state index in [-0.39, 0.29) is 41.2 Å². The zero-order chi connectivity index (χ0) is 26.6. The Morgan fingerprint density at radius 2 is 1.31 bits per heavy atom. The van der Waals surface area contributed by atoms with Crippen molar-refractivity contribution in [2.24, 2.45) is 0 Å². The summed E-state index contributed by atoms with van der Waals surface area (Å²) in [4.78, 5) is 26.3. The molecule has 0 heterocycles. The lowest BCUT2D eigenvalue weighted by atomic mass is 9.72. The van der Waals surface area contributed by atoms with E-state index in [1.165, 1.54) is 0 Å². The zero-order valence-corrected chi connectivity index (χ0v) is 19.6. The van der Waals surface area contributed by atoms with Crippen molar-refractivity contribution in [1.29, 1.82) is 0 Å². The Labute approximate surface area is 207 Å². The Kier molecular flexibility index (Phi) is 9.98. The van der Waals surface area contributed by atoms with E-state index in [4.69, 9.17) is 40.7 Å². The van der Waals surface area contributed by atoms with Crippen LogP contribution in [0.15, 0.2) is 0 Å². The number of benzene rings is 1. The van der Waals surface area contributed by atoms with Crippen molar-refractivity contribution in [2.75, 3.05) is 5.75 Å². The van der Waals surface area contributed by atoms with Crippen LogP contribution in [0, 0.1) is 0 Å². The molecule has 1 aliphatic carbocycles. The summed E-state index contributed by atoms with van der Waals surface area (Å²) in [5.74, 6) is -4.69. The maximum Gasteiger partial charge on any atom is 0.426 e. The van der Waals surface area contributed by atoms with E-state index < -0.39 is 63.6 Å². The largest absolute Gasteiger partial charge is 0.459 e. The van der Waals surface area contributed by atoms with E-state index in [9.17, 15) is 31.2 Å². The van der Waals surface area contributed by atoms with Crippen LogP contribution < -0.4 is 0 Å². The van der Waals surface area contributed by atoms with Gasteiger partial charge in [0, 0.05) is 0 Å². The first-order valence-corrected chi connectivity index (χ1v) is 12.3. The van der Waals surface area contributed by atoms with Crippen LogP contribution in [0.5, 0.6) is 0 Å². The fourth-order valence-corrected chi connectivity index (χ4v) is 4.79. The highest BCUT2D eigenvalue weighted by molar-refractivity contribution is 7.85. The summed E-state index contributed by atoms with van der Waals surface area (Å²) in [6, 6.07) is 0. The van der Waals surface area contributed by atoms with Gasteiger partial charge in [-0.1, -0.05) is 36.4 Å². The van der Waals surface area contributed by atoms with Gasteiger partial charge in [0.05, 0.1) is 42.5 Å². The van der Waals surface area contributed by atoms with E-state index in [2.05, 4.69) is 4.74 Å². The molecule has 0 amide bonds. The predicted octanol–water partition coefficient (Wildman–Crippen LogP) is 1.44. The molecule has 1 aliphatic rings. The predicted molar refractivity (Wildman–Crippen MR) is 124 cm³/mol. The topological polar surface area (TPSA) is 107 Å². The Morgan fingerprint density at radius 3 is 1.69 bits per heavy atom. The summed E-state index contributed by atoms with van der Waals surface area (Å²) in [7, 11) is 18.0. The van der Waals surface area contributed by atoms with Gasteiger partial charge in [-0.25, -0.2) is 9.59 Å². The second-order valence-corrected chi connectivity index (χ2v) is 9.47. The number of alkyl halides is 3. The van der Waals surface area contributed by atoms with Crippen molar-refractivity contribution in [1.82, 2.24) is 0 Å². The van der Waals surface area contributed by atoms with Crippen molar-refractivity contribution in [3.8, 4) is 0 Å². The molecule has 0 saturated heterocycles. The molecular weight excluding hydrogens is 485 g/mol. The molecule has 15 heteroatoms. The third kappa shape index (κ3) is 7.09. The third-order valence-corrected chi connectivity index (χ3v) is 6.45. The first-order chi connectivity index (χ1) is 16.3. The average Bonchev–Trinajstić information content (AvgIpc) is 3.27. The molecule has 1 N–H and O–H groups in total. The molecule has 0 bridgehead atoms. The summed E-state index contributed by atoms with van der Waals surface area (Å²) in [6.45, 7) is 0. The molecule has 1 unspecified atom stereocenters. The molecular formula is C20H21B4F3O7S. The fourth-order valence-electron chi connectivity index (χ4n) is 4.15. The lowest BCUT2D eigenvalue weighted by Crippen LogP contribution is -2.40. The van der Waals surface area contributed by atoms with E-state index in [0.717, 1.165) is 12.8 Å². The first kappa shape index (κ1) is 29.4. The van der Waals surface area contributed by atoms with Gasteiger partial charge in [-0.2, -0.15) is 21.6 Å². The van der Waals surface area contributed by atoms with Gasteiger partial charge < -0.3 is 9.47 Å². The van der Waals surface area contributed by atoms with Gasteiger partial charge in [0.15, 0.2) is 0 Å². The van der Waals surface area contributed by atoms with Crippen molar-refractivity contribution < 1.29 is 45.2 Å². The molecule has 1 aromatic carbocycles. The average molecular weight is 506 g/mol. The smallest absolute Gasteiger partial charge is 0.426 e. The number of rotatable bonds is 10. The third-order valence-electron chi connectivity index (χ3n) is 5.72. The first-order valence-electron chi connectivity index (χ1n) is 10.7. The second-order valence-electron chi connectivity index (χ2n) is 7.98. The standard InChI is InChI=1S/C20H21B4F3O7S/c21-5-11-12(6-22)14(8-24)17(19(29)34-15(20(25,26)27)9-35(30,31)32)16(13(11)7-23)18(28)33-10-3-1-2-4-10/h10,15H,1-9H2,(H,30,31,32). The van der Waals surface area contributed by atoms with Crippen LogP contribution in [0.2, 0.25) is 0 Å². The van der Waals surface area contributed by atoms with E-state index in [1.54, 1.807) is 0 Å². The van der Waals surface area contributed by atoms with Gasteiger partial charge >= 0.3 is 18.1 Å². The molecule has 1 fully saturated rings. The molecule has 2 rings (SSSR count).